The van der Waals surface area contributed by atoms with E-state index >= 15 is 0 Å². The summed E-state index contributed by atoms with van der Waals surface area (Å²) in [5, 5.41) is 12.2. The van der Waals surface area contributed by atoms with Crippen molar-refractivity contribution in [1.82, 2.24) is 5.32 Å². The number of hydrogen-bond acceptors (Lipinski definition) is 3. The second-order valence-corrected chi connectivity index (χ2v) is 4.88. The summed E-state index contributed by atoms with van der Waals surface area (Å²) in [7, 11) is 0. The lowest BCUT2D eigenvalue weighted by atomic mass is 10.1. The van der Waals surface area contributed by atoms with Gasteiger partial charge in [-0.3, -0.25) is 4.79 Å². The van der Waals surface area contributed by atoms with Crippen molar-refractivity contribution in [2.75, 3.05) is 19.6 Å². The fraction of sp³-hybridized carbons (Fsp3) is 0.385. The van der Waals surface area contributed by atoms with Gasteiger partial charge in [-0.15, -0.1) is 0 Å². The molecule has 2 unspecified atom stereocenters. The third-order valence-corrected chi connectivity index (χ3v) is 3.46. The van der Waals surface area contributed by atoms with Crippen molar-refractivity contribution in [2.24, 2.45) is 5.73 Å². The first-order valence-corrected chi connectivity index (χ1v) is 6.20. The molecule has 6 heteroatoms. The van der Waals surface area contributed by atoms with Gasteiger partial charge in [0.15, 0.2) is 0 Å². The summed E-state index contributed by atoms with van der Waals surface area (Å²) in [6.07, 6.45) is -0.948. The van der Waals surface area contributed by atoms with Crippen LogP contribution >= 0.6 is 0 Å². The van der Waals surface area contributed by atoms with Crippen molar-refractivity contribution in [2.45, 2.75) is 12.6 Å². The molecule has 19 heavy (non-hydrogen) atoms. The minimum absolute atomic E-state index is 0.107. The van der Waals surface area contributed by atoms with E-state index in [2.05, 4.69) is 5.32 Å². The average molecular weight is 264 g/mol. The molecule has 1 heterocycles. The second-order valence-electron chi connectivity index (χ2n) is 4.88. The number of nitrogens with one attached hydrogen (secondary N) is 1. The van der Waals surface area contributed by atoms with E-state index in [1.807, 2.05) is 30.3 Å². The highest BCUT2D eigenvalue weighted by molar-refractivity contribution is 5.82. The molecule has 2 atom stereocenters. The first-order valence-electron chi connectivity index (χ1n) is 6.20. The molecule has 0 aromatic heterocycles. The van der Waals surface area contributed by atoms with Crippen molar-refractivity contribution in [1.29, 1.82) is 0 Å². The highest BCUT2D eigenvalue weighted by Gasteiger charge is 2.42. The average Bonchev–Trinajstić information content (AvgIpc) is 2.52. The molecule has 0 saturated carbocycles. The highest BCUT2D eigenvalue weighted by Crippen LogP contribution is 2.17. The fourth-order valence-electron chi connectivity index (χ4n) is 2.39. The SMILES string of the molecule is NC1C[N+](Cc2ccccc2)(C(=O)O)CCNC1=O. The Morgan fingerprint density at radius 3 is 2.74 bits per heavy atom. The molecule has 102 valence electrons. The van der Waals surface area contributed by atoms with Crippen molar-refractivity contribution in [3.63, 3.8) is 0 Å². The monoisotopic (exact) mass is 264 g/mol. The molecular formula is C13H18N3O3+. The van der Waals surface area contributed by atoms with Gasteiger partial charge in [-0.05, 0) is 0 Å². The lowest BCUT2D eigenvalue weighted by molar-refractivity contribution is -0.868. The van der Waals surface area contributed by atoms with Crippen molar-refractivity contribution >= 4 is 12.0 Å². The zero-order valence-electron chi connectivity index (χ0n) is 10.6. The number of carbonyl (C=O) groups excluding carboxylic acids is 1. The van der Waals surface area contributed by atoms with E-state index in [4.69, 9.17) is 5.73 Å². The Balaban J connectivity index is 2.27. The summed E-state index contributed by atoms with van der Waals surface area (Å²) >= 11 is 0. The van der Waals surface area contributed by atoms with Crippen LogP contribution in [0.2, 0.25) is 0 Å². The predicted molar refractivity (Wildman–Crippen MR) is 69.2 cm³/mol. The molecule has 0 aliphatic carbocycles. The van der Waals surface area contributed by atoms with Crippen LogP contribution in [0.25, 0.3) is 0 Å². The smallest absolute Gasteiger partial charge is 0.435 e. The zero-order valence-corrected chi connectivity index (χ0v) is 10.6. The van der Waals surface area contributed by atoms with Crippen molar-refractivity contribution < 1.29 is 19.2 Å². The Kier molecular flexibility index (Phi) is 3.82. The van der Waals surface area contributed by atoms with Gasteiger partial charge in [-0.2, -0.15) is 4.79 Å². The molecule has 0 bridgehead atoms. The Hall–Kier alpha value is -1.92. The molecule has 1 aromatic rings. The maximum Gasteiger partial charge on any atom is 0.513 e. The van der Waals surface area contributed by atoms with E-state index in [9.17, 15) is 14.7 Å². The summed E-state index contributed by atoms with van der Waals surface area (Å²) in [6, 6.07) is 8.60. The van der Waals surface area contributed by atoms with Crippen LogP contribution in [0.5, 0.6) is 0 Å². The molecule has 1 fully saturated rings. The Labute approximate surface area is 111 Å². The van der Waals surface area contributed by atoms with E-state index in [1.54, 1.807) is 0 Å². The van der Waals surface area contributed by atoms with Crippen LogP contribution in [-0.4, -0.2) is 47.3 Å². The van der Waals surface area contributed by atoms with Gasteiger partial charge in [-0.25, -0.2) is 4.48 Å². The number of hydrogen-bond donors (Lipinski definition) is 3. The molecule has 0 spiro atoms. The van der Waals surface area contributed by atoms with Gasteiger partial charge in [-0.1, -0.05) is 30.3 Å². The number of nitrogens with two attached hydrogens (primary N) is 1. The Bertz CT molecular complexity index is 477. The summed E-state index contributed by atoms with van der Waals surface area (Å²) < 4.78 is -0.218. The van der Waals surface area contributed by atoms with E-state index in [1.165, 1.54) is 0 Å². The molecule has 6 nitrogen and oxygen atoms in total. The van der Waals surface area contributed by atoms with Crippen molar-refractivity contribution in [3.8, 4) is 0 Å². The second kappa shape index (κ2) is 5.38. The van der Waals surface area contributed by atoms with Gasteiger partial charge in [0.25, 0.3) is 0 Å². The summed E-state index contributed by atoms with van der Waals surface area (Å²) in [4.78, 5) is 23.2. The van der Waals surface area contributed by atoms with E-state index in [0.29, 0.717) is 19.6 Å². The van der Waals surface area contributed by atoms with E-state index < -0.39 is 12.1 Å². The molecule has 1 saturated heterocycles. The maximum absolute atomic E-state index is 11.7. The molecule has 2 rings (SSSR count). The first-order chi connectivity index (χ1) is 9.03. The predicted octanol–water partition coefficient (Wildman–Crippen LogP) is 0.138. The minimum atomic E-state index is -0.948. The number of nitrogens with zero attached hydrogens (tertiary/aromatic N) is 1. The molecule has 1 aliphatic heterocycles. The Morgan fingerprint density at radius 2 is 2.11 bits per heavy atom. The number of rotatable bonds is 2. The standard InChI is InChI=1S/C13H17N3O3/c14-11-9-16(13(18)19,7-6-15-12(11)17)8-10-4-2-1-3-5-10/h1-5,11H,6-9,14H2,(H-,15,17,18,19)/p+1. The molecule has 4 N–H and O–H groups in total. The fourth-order valence-corrected chi connectivity index (χ4v) is 2.39. The quantitative estimate of drug-likeness (QED) is 0.662. The number of amides is 2. The van der Waals surface area contributed by atoms with Crippen LogP contribution in [0, 0.1) is 0 Å². The summed E-state index contributed by atoms with van der Waals surface area (Å²) in [5.41, 5.74) is 6.68. The summed E-state index contributed by atoms with van der Waals surface area (Å²) in [5.74, 6) is -0.283. The van der Waals surface area contributed by atoms with Crippen LogP contribution in [0.1, 0.15) is 5.56 Å². The third kappa shape index (κ3) is 2.91. The van der Waals surface area contributed by atoms with Gasteiger partial charge in [0.2, 0.25) is 5.91 Å². The van der Waals surface area contributed by atoms with E-state index in [-0.39, 0.29) is 16.9 Å². The number of benzene rings is 1. The molecule has 2 amide bonds. The van der Waals surface area contributed by atoms with Gasteiger partial charge < -0.3 is 16.2 Å². The number of carbonyl (C=O) groups is 2. The Morgan fingerprint density at radius 1 is 1.42 bits per heavy atom. The molecule has 1 aromatic carbocycles. The summed E-state index contributed by atoms with van der Waals surface area (Å²) in [6.45, 7) is 1.10. The minimum Gasteiger partial charge on any atom is -0.435 e. The van der Waals surface area contributed by atoms with Gasteiger partial charge in [0.05, 0.1) is 6.54 Å². The molecular weight excluding hydrogens is 246 g/mol. The maximum atomic E-state index is 11.7. The van der Waals surface area contributed by atoms with Gasteiger partial charge in [0, 0.05) is 5.56 Å². The van der Waals surface area contributed by atoms with Crippen LogP contribution < -0.4 is 11.1 Å². The van der Waals surface area contributed by atoms with Crippen LogP contribution in [0.3, 0.4) is 0 Å². The highest BCUT2D eigenvalue weighted by atomic mass is 16.4. The zero-order chi connectivity index (χ0) is 13.9. The van der Waals surface area contributed by atoms with Crippen LogP contribution in [0.4, 0.5) is 4.79 Å². The number of carboxylic acid groups (broad SMARTS) is 1. The topological polar surface area (TPSA) is 92.4 Å². The lowest BCUT2D eigenvalue weighted by Gasteiger charge is -2.32. The van der Waals surface area contributed by atoms with Gasteiger partial charge in [0.1, 0.15) is 25.7 Å². The van der Waals surface area contributed by atoms with Crippen molar-refractivity contribution in [3.05, 3.63) is 35.9 Å². The van der Waals surface area contributed by atoms with Crippen LogP contribution in [-0.2, 0) is 11.3 Å². The van der Waals surface area contributed by atoms with Gasteiger partial charge >= 0.3 is 6.09 Å². The third-order valence-electron chi connectivity index (χ3n) is 3.46. The number of quaternary nitrogens is 1. The lowest BCUT2D eigenvalue weighted by Crippen LogP contribution is -2.57. The van der Waals surface area contributed by atoms with E-state index in [0.717, 1.165) is 5.56 Å². The largest absolute Gasteiger partial charge is 0.513 e. The van der Waals surface area contributed by atoms with Crippen LogP contribution in [0.15, 0.2) is 30.3 Å². The first kappa shape index (κ1) is 13.5. The normalized spacial score (nSPS) is 27.4. The molecule has 1 aliphatic rings. The molecule has 0 radical (unpaired) electrons.